The fraction of sp³-hybridized carbons (Fsp3) is 0.273. The fourth-order valence-electron chi connectivity index (χ4n) is 1.61. The zero-order valence-corrected chi connectivity index (χ0v) is 9.91. The van der Waals surface area contributed by atoms with Crippen molar-refractivity contribution in [1.29, 1.82) is 0 Å². The summed E-state index contributed by atoms with van der Waals surface area (Å²) in [5, 5.41) is 0. The third-order valence-electron chi connectivity index (χ3n) is 2.49. The largest absolute Gasteiger partial charge is 0.311 e. The molecule has 1 fully saturated rings. The molecule has 0 radical (unpaired) electrons. The summed E-state index contributed by atoms with van der Waals surface area (Å²) in [6.45, 7) is 0.353. The number of halogens is 2. The van der Waals surface area contributed by atoms with E-state index in [1.54, 1.807) is 0 Å². The molecule has 0 bridgehead atoms. The Morgan fingerprint density at radius 2 is 1.88 bits per heavy atom. The summed E-state index contributed by atoms with van der Waals surface area (Å²) >= 11 is 3.06. The molecular formula is C11H9BrFNO2. The number of nitrogens with zero attached hydrogens (tertiary/aromatic N) is 1. The van der Waals surface area contributed by atoms with Crippen molar-refractivity contribution < 1.29 is 14.0 Å². The van der Waals surface area contributed by atoms with Gasteiger partial charge in [0.2, 0.25) is 5.91 Å². The van der Waals surface area contributed by atoms with Gasteiger partial charge in [-0.2, -0.15) is 0 Å². The number of ketones is 1. The minimum atomic E-state index is -0.772. The lowest BCUT2D eigenvalue weighted by atomic mass is 10.1. The molecule has 1 heterocycles. The number of hydrogen-bond donors (Lipinski definition) is 0. The maximum Gasteiger partial charge on any atom is 0.248 e. The van der Waals surface area contributed by atoms with Gasteiger partial charge in [0.1, 0.15) is 5.82 Å². The predicted molar refractivity (Wildman–Crippen MR) is 61.1 cm³/mol. The number of rotatable bonds is 1. The van der Waals surface area contributed by atoms with Gasteiger partial charge in [-0.25, -0.2) is 4.39 Å². The minimum Gasteiger partial charge on any atom is -0.311 e. The van der Waals surface area contributed by atoms with Crippen LogP contribution in [0.3, 0.4) is 0 Å². The molecule has 1 saturated heterocycles. The molecule has 1 amide bonds. The van der Waals surface area contributed by atoms with Gasteiger partial charge < -0.3 is 4.90 Å². The van der Waals surface area contributed by atoms with Crippen molar-refractivity contribution in [3.63, 3.8) is 0 Å². The summed E-state index contributed by atoms with van der Waals surface area (Å²) in [7, 11) is 0. The highest BCUT2D eigenvalue weighted by molar-refractivity contribution is 9.10. The maximum atomic E-state index is 12.7. The van der Waals surface area contributed by atoms with Gasteiger partial charge in [0, 0.05) is 18.7 Å². The summed E-state index contributed by atoms with van der Waals surface area (Å²) in [5.41, 5.74) is 0.614. The number of anilines is 1. The number of amides is 1. The van der Waals surface area contributed by atoms with Crippen LogP contribution in [0.1, 0.15) is 6.42 Å². The summed E-state index contributed by atoms with van der Waals surface area (Å²) in [6, 6.07) is 5.65. The van der Waals surface area contributed by atoms with Crippen LogP contribution in [-0.4, -0.2) is 23.1 Å². The van der Waals surface area contributed by atoms with Crippen molar-refractivity contribution in [3.8, 4) is 0 Å². The van der Waals surface area contributed by atoms with E-state index in [1.807, 2.05) is 0 Å². The molecular weight excluding hydrogens is 277 g/mol. The quantitative estimate of drug-likeness (QED) is 0.584. The van der Waals surface area contributed by atoms with Crippen LogP contribution >= 0.6 is 15.9 Å². The van der Waals surface area contributed by atoms with Crippen LogP contribution in [0.25, 0.3) is 0 Å². The third-order valence-corrected chi connectivity index (χ3v) is 3.39. The molecule has 1 aliphatic rings. The van der Waals surface area contributed by atoms with E-state index in [0.717, 1.165) is 0 Å². The Bertz CT molecular complexity index is 432. The molecule has 0 aromatic heterocycles. The van der Waals surface area contributed by atoms with Gasteiger partial charge in [0.05, 0.1) is 0 Å². The Morgan fingerprint density at radius 3 is 2.50 bits per heavy atom. The van der Waals surface area contributed by atoms with Gasteiger partial charge in [-0.05, 0) is 24.3 Å². The molecule has 1 atom stereocenters. The number of carbonyl (C=O) groups excluding carboxylic acids is 2. The second kappa shape index (κ2) is 4.33. The normalized spacial score (nSPS) is 21.4. The fourth-order valence-corrected chi connectivity index (χ4v) is 2.09. The number of hydrogen-bond acceptors (Lipinski definition) is 2. The topological polar surface area (TPSA) is 37.4 Å². The molecule has 1 aromatic rings. The number of carbonyl (C=O) groups is 2. The van der Waals surface area contributed by atoms with E-state index in [0.29, 0.717) is 18.7 Å². The lowest BCUT2D eigenvalue weighted by molar-refractivity contribution is -0.127. The lowest BCUT2D eigenvalue weighted by Crippen LogP contribution is -2.46. The van der Waals surface area contributed by atoms with Gasteiger partial charge in [-0.15, -0.1) is 0 Å². The molecule has 5 heteroatoms. The maximum absolute atomic E-state index is 12.7. The van der Waals surface area contributed by atoms with Gasteiger partial charge in [-0.1, -0.05) is 15.9 Å². The van der Waals surface area contributed by atoms with Crippen molar-refractivity contribution in [3.05, 3.63) is 30.1 Å². The Labute approximate surface area is 100 Å². The highest BCUT2D eigenvalue weighted by atomic mass is 79.9. The number of benzene rings is 1. The molecule has 1 aliphatic heterocycles. The van der Waals surface area contributed by atoms with Crippen LogP contribution < -0.4 is 4.90 Å². The zero-order chi connectivity index (χ0) is 11.7. The smallest absolute Gasteiger partial charge is 0.248 e. The van der Waals surface area contributed by atoms with Gasteiger partial charge in [0.25, 0.3) is 0 Å². The standard InChI is InChI=1S/C11H9BrFNO2/c12-10-9(15)5-6-14(11(10)16)8-3-1-7(13)2-4-8/h1-4,10H,5-6H2. The second-order valence-corrected chi connectivity index (χ2v) is 4.46. The van der Waals surface area contributed by atoms with Crippen LogP contribution in [0.4, 0.5) is 10.1 Å². The lowest BCUT2D eigenvalue weighted by Gasteiger charge is -2.28. The van der Waals surface area contributed by atoms with Crippen LogP contribution in [0.5, 0.6) is 0 Å². The van der Waals surface area contributed by atoms with E-state index < -0.39 is 4.83 Å². The molecule has 2 rings (SSSR count). The van der Waals surface area contributed by atoms with E-state index in [1.165, 1.54) is 29.2 Å². The predicted octanol–water partition coefficient (Wildman–Crippen LogP) is 1.90. The Kier molecular flexibility index (Phi) is 3.05. The van der Waals surface area contributed by atoms with E-state index in [4.69, 9.17) is 0 Å². The van der Waals surface area contributed by atoms with Crippen molar-refractivity contribution >= 4 is 33.3 Å². The van der Waals surface area contributed by atoms with E-state index >= 15 is 0 Å². The van der Waals surface area contributed by atoms with Crippen molar-refractivity contribution in [2.45, 2.75) is 11.2 Å². The van der Waals surface area contributed by atoms with Crippen molar-refractivity contribution in [2.75, 3.05) is 11.4 Å². The molecule has 1 aromatic carbocycles. The summed E-state index contributed by atoms with van der Waals surface area (Å²) < 4.78 is 12.7. The SMILES string of the molecule is O=C1CCN(c2ccc(F)cc2)C(=O)C1Br. The summed E-state index contributed by atoms with van der Waals surface area (Å²) in [5.74, 6) is -0.745. The van der Waals surface area contributed by atoms with Crippen LogP contribution in [-0.2, 0) is 9.59 Å². The first-order chi connectivity index (χ1) is 7.59. The second-order valence-electron chi connectivity index (χ2n) is 3.55. The molecule has 84 valence electrons. The van der Waals surface area contributed by atoms with Gasteiger partial charge >= 0.3 is 0 Å². The summed E-state index contributed by atoms with van der Waals surface area (Å²) in [6.07, 6.45) is 0.318. The van der Waals surface area contributed by atoms with Crippen LogP contribution in [0.15, 0.2) is 24.3 Å². The van der Waals surface area contributed by atoms with Crippen molar-refractivity contribution in [2.24, 2.45) is 0 Å². The number of alkyl halides is 1. The van der Waals surface area contributed by atoms with Crippen molar-refractivity contribution in [1.82, 2.24) is 0 Å². The van der Waals surface area contributed by atoms with Gasteiger partial charge in [0.15, 0.2) is 10.6 Å². The summed E-state index contributed by atoms with van der Waals surface area (Å²) in [4.78, 5) is 23.8. The van der Waals surface area contributed by atoms with E-state index in [-0.39, 0.29) is 17.5 Å². The number of Topliss-reactive ketones (excluding diaryl/α,β-unsaturated/α-hetero) is 1. The first kappa shape index (κ1) is 11.3. The highest BCUT2D eigenvalue weighted by Crippen LogP contribution is 2.22. The minimum absolute atomic E-state index is 0.108. The average molecular weight is 286 g/mol. The molecule has 1 unspecified atom stereocenters. The molecule has 3 nitrogen and oxygen atoms in total. The third kappa shape index (κ3) is 2.00. The Morgan fingerprint density at radius 1 is 1.25 bits per heavy atom. The van der Waals surface area contributed by atoms with E-state index in [9.17, 15) is 14.0 Å². The van der Waals surface area contributed by atoms with Crippen LogP contribution in [0, 0.1) is 5.82 Å². The monoisotopic (exact) mass is 285 g/mol. The molecule has 0 spiro atoms. The Hall–Kier alpha value is -1.23. The highest BCUT2D eigenvalue weighted by Gasteiger charge is 2.33. The average Bonchev–Trinajstić information content (AvgIpc) is 2.28. The zero-order valence-electron chi connectivity index (χ0n) is 8.32. The first-order valence-electron chi connectivity index (χ1n) is 4.83. The first-order valence-corrected chi connectivity index (χ1v) is 5.75. The molecule has 0 aliphatic carbocycles. The molecule has 0 saturated carbocycles. The van der Waals surface area contributed by atoms with E-state index in [2.05, 4.69) is 15.9 Å². The van der Waals surface area contributed by atoms with Crippen LogP contribution in [0.2, 0.25) is 0 Å². The van der Waals surface area contributed by atoms with Gasteiger partial charge in [-0.3, -0.25) is 9.59 Å². The Balaban J connectivity index is 2.25. The number of piperidine rings is 1. The molecule has 16 heavy (non-hydrogen) atoms. The molecule has 0 N–H and O–H groups in total.